The van der Waals surface area contributed by atoms with Crippen molar-refractivity contribution in [2.24, 2.45) is 5.92 Å². The van der Waals surface area contributed by atoms with Gasteiger partial charge in [-0.1, -0.05) is 12.1 Å². The Morgan fingerprint density at radius 3 is 2.71 bits per heavy atom. The molecule has 0 spiro atoms. The highest BCUT2D eigenvalue weighted by molar-refractivity contribution is 7.14. The Morgan fingerprint density at radius 1 is 1.29 bits per heavy atom. The molecule has 0 atom stereocenters. The molecule has 1 aromatic carbocycles. The Morgan fingerprint density at radius 2 is 2.03 bits per heavy atom. The molecule has 1 aromatic heterocycles. The van der Waals surface area contributed by atoms with E-state index in [0.717, 1.165) is 42.9 Å². The van der Waals surface area contributed by atoms with Crippen LogP contribution in [0.3, 0.4) is 0 Å². The Hall–Kier alpha value is -2.65. The second-order valence-electron chi connectivity index (χ2n) is 8.60. The van der Waals surface area contributed by atoms with Crippen LogP contribution in [0.5, 0.6) is 0 Å². The van der Waals surface area contributed by atoms with Crippen LogP contribution in [0.15, 0.2) is 29.6 Å². The molecule has 0 aliphatic carbocycles. The average Bonchev–Trinajstić information content (AvgIpc) is 3.20. The van der Waals surface area contributed by atoms with Crippen LogP contribution in [-0.4, -0.2) is 53.9 Å². The van der Waals surface area contributed by atoms with Gasteiger partial charge in [0.2, 0.25) is 5.91 Å². The first-order valence-electron chi connectivity index (χ1n) is 10.4. The van der Waals surface area contributed by atoms with Gasteiger partial charge < -0.3 is 25.4 Å². The van der Waals surface area contributed by atoms with E-state index in [1.165, 1.54) is 11.3 Å². The number of amides is 2. The number of ether oxygens (including phenoxy) is 1. The fraction of sp³-hybridized carbons (Fsp3) is 0.500. The molecular weight excluding hydrogens is 416 g/mol. The molecule has 31 heavy (non-hydrogen) atoms. The first kappa shape index (κ1) is 23.0. The Labute approximate surface area is 186 Å². The van der Waals surface area contributed by atoms with E-state index in [1.54, 1.807) is 20.8 Å². The van der Waals surface area contributed by atoms with Crippen molar-refractivity contribution in [3.05, 3.63) is 29.6 Å². The maximum atomic E-state index is 12.1. The standard InChI is InChI=1S/C22H30N4O4S/c1-22(2,3)30-21(29)23-12-19(28)25-20-24-18(14-31-20)16-5-4-6-17(11-16)26-9-7-15(13-27)8-10-26/h4-6,11,14-15,27H,7-10,12-13H2,1-3H3,(H,23,29)(H,24,25,28). The van der Waals surface area contributed by atoms with Crippen molar-refractivity contribution < 1.29 is 19.4 Å². The van der Waals surface area contributed by atoms with Crippen LogP contribution in [0.2, 0.25) is 0 Å². The van der Waals surface area contributed by atoms with Gasteiger partial charge >= 0.3 is 6.09 Å². The highest BCUT2D eigenvalue weighted by atomic mass is 32.1. The van der Waals surface area contributed by atoms with Crippen molar-refractivity contribution in [2.75, 3.05) is 36.5 Å². The van der Waals surface area contributed by atoms with E-state index in [4.69, 9.17) is 4.74 Å². The van der Waals surface area contributed by atoms with E-state index >= 15 is 0 Å². The summed E-state index contributed by atoms with van der Waals surface area (Å²) in [5, 5.41) is 16.8. The van der Waals surface area contributed by atoms with Gasteiger partial charge in [0.1, 0.15) is 12.1 Å². The lowest BCUT2D eigenvalue weighted by Gasteiger charge is -2.33. The third-order valence-corrected chi connectivity index (χ3v) is 5.68. The van der Waals surface area contributed by atoms with Crippen molar-refractivity contribution in [2.45, 2.75) is 39.2 Å². The lowest BCUT2D eigenvalue weighted by Crippen LogP contribution is -2.37. The molecule has 8 nitrogen and oxygen atoms in total. The lowest BCUT2D eigenvalue weighted by molar-refractivity contribution is -0.115. The number of thiazole rings is 1. The van der Waals surface area contributed by atoms with E-state index in [0.29, 0.717) is 11.0 Å². The molecule has 0 saturated carbocycles. The van der Waals surface area contributed by atoms with E-state index in [9.17, 15) is 14.7 Å². The number of piperidine rings is 1. The molecule has 3 rings (SSSR count). The van der Waals surface area contributed by atoms with Crippen molar-refractivity contribution in [3.8, 4) is 11.3 Å². The number of anilines is 2. The van der Waals surface area contributed by atoms with E-state index in [-0.39, 0.29) is 19.1 Å². The third-order valence-electron chi connectivity index (χ3n) is 4.92. The van der Waals surface area contributed by atoms with Crippen LogP contribution in [0.25, 0.3) is 11.3 Å². The summed E-state index contributed by atoms with van der Waals surface area (Å²) in [6.07, 6.45) is 1.35. The molecule has 2 amide bonds. The molecule has 9 heteroatoms. The molecule has 1 aliphatic rings. The second-order valence-corrected chi connectivity index (χ2v) is 9.46. The van der Waals surface area contributed by atoms with Gasteiger partial charge in [0.15, 0.2) is 5.13 Å². The maximum Gasteiger partial charge on any atom is 0.408 e. The zero-order chi connectivity index (χ0) is 22.4. The van der Waals surface area contributed by atoms with E-state index < -0.39 is 11.7 Å². The SMILES string of the molecule is CC(C)(C)OC(=O)NCC(=O)Nc1nc(-c2cccc(N3CCC(CO)CC3)c2)cs1. The number of hydrogen-bond donors (Lipinski definition) is 3. The number of aliphatic hydroxyl groups is 1. The van der Waals surface area contributed by atoms with Crippen molar-refractivity contribution in [1.82, 2.24) is 10.3 Å². The number of aromatic nitrogens is 1. The van der Waals surface area contributed by atoms with Gasteiger partial charge in [-0.2, -0.15) is 0 Å². The fourth-order valence-electron chi connectivity index (χ4n) is 3.33. The Kier molecular flexibility index (Phi) is 7.50. The summed E-state index contributed by atoms with van der Waals surface area (Å²) >= 11 is 1.33. The minimum Gasteiger partial charge on any atom is -0.444 e. The molecule has 168 valence electrons. The fourth-order valence-corrected chi connectivity index (χ4v) is 4.07. The number of alkyl carbamates (subject to hydrolysis) is 1. The summed E-state index contributed by atoms with van der Waals surface area (Å²) in [5.41, 5.74) is 2.28. The minimum atomic E-state index is -0.637. The summed E-state index contributed by atoms with van der Waals surface area (Å²) < 4.78 is 5.11. The molecule has 1 fully saturated rings. The number of carbonyl (C=O) groups excluding carboxylic acids is 2. The first-order chi connectivity index (χ1) is 14.7. The van der Waals surface area contributed by atoms with Gasteiger partial charge in [0.05, 0.1) is 5.69 Å². The summed E-state index contributed by atoms with van der Waals surface area (Å²) in [6.45, 7) is 7.20. The van der Waals surface area contributed by atoms with E-state index in [1.807, 2.05) is 17.5 Å². The highest BCUT2D eigenvalue weighted by Crippen LogP contribution is 2.30. The van der Waals surface area contributed by atoms with Crippen LogP contribution < -0.4 is 15.5 Å². The molecule has 0 unspecified atom stereocenters. The zero-order valence-electron chi connectivity index (χ0n) is 18.2. The summed E-state index contributed by atoms with van der Waals surface area (Å²) in [7, 11) is 0. The predicted octanol–water partition coefficient (Wildman–Crippen LogP) is 3.48. The second kappa shape index (κ2) is 10.1. The lowest BCUT2D eigenvalue weighted by atomic mass is 9.97. The van der Waals surface area contributed by atoms with Gasteiger partial charge in [-0.15, -0.1) is 11.3 Å². The van der Waals surface area contributed by atoms with Crippen LogP contribution >= 0.6 is 11.3 Å². The van der Waals surface area contributed by atoms with Crippen molar-refractivity contribution in [1.29, 1.82) is 0 Å². The normalized spacial score (nSPS) is 14.9. The molecule has 3 N–H and O–H groups in total. The van der Waals surface area contributed by atoms with Crippen molar-refractivity contribution in [3.63, 3.8) is 0 Å². The summed E-state index contributed by atoms with van der Waals surface area (Å²) in [6, 6.07) is 8.18. The summed E-state index contributed by atoms with van der Waals surface area (Å²) in [4.78, 5) is 30.6. The molecule has 0 radical (unpaired) electrons. The van der Waals surface area contributed by atoms with Gasteiger partial charge in [-0.25, -0.2) is 9.78 Å². The minimum absolute atomic E-state index is 0.191. The van der Waals surface area contributed by atoms with Crippen molar-refractivity contribution >= 4 is 34.2 Å². The van der Waals surface area contributed by atoms with Gasteiger partial charge in [-0.05, 0) is 51.7 Å². The number of carbonyl (C=O) groups is 2. The topological polar surface area (TPSA) is 104 Å². The largest absolute Gasteiger partial charge is 0.444 e. The summed E-state index contributed by atoms with van der Waals surface area (Å²) in [5.74, 6) is 0.0289. The van der Waals surface area contributed by atoms with Crippen LogP contribution in [0.1, 0.15) is 33.6 Å². The highest BCUT2D eigenvalue weighted by Gasteiger charge is 2.20. The molecular formula is C22H30N4O4S. The molecule has 2 aromatic rings. The average molecular weight is 447 g/mol. The number of aliphatic hydroxyl groups excluding tert-OH is 1. The molecule has 2 heterocycles. The Bertz CT molecular complexity index is 901. The van der Waals surface area contributed by atoms with Crippen LogP contribution in [0, 0.1) is 5.92 Å². The van der Waals surface area contributed by atoms with E-state index in [2.05, 4.69) is 32.7 Å². The monoisotopic (exact) mass is 446 g/mol. The number of nitrogens with zero attached hydrogens (tertiary/aromatic N) is 2. The molecule has 0 bridgehead atoms. The zero-order valence-corrected chi connectivity index (χ0v) is 19.0. The smallest absolute Gasteiger partial charge is 0.408 e. The quantitative estimate of drug-likeness (QED) is 0.628. The third kappa shape index (κ3) is 6.93. The van der Waals surface area contributed by atoms with Gasteiger partial charge in [0, 0.05) is 36.3 Å². The first-order valence-corrected chi connectivity index (χ1v) is 11.3. The number of nitrogens with one attached hydrogen (secondary N) is 2. The number of benzene rings is 1. The molecule has 1 saturated heterocycles. The Balaban J connectivity index is 1.56. The van der Waals surface area contributed by atoms with Gasteiger partial charge in [0.25, 0.3) is 0 Å². The maximum absolute atomic E-state index is 12.1. The van der Waals surface area contributed by atoms with Gasteiger partial charge in [-0.3, -0.25) is 4.79 Å². The molecule has 1 aliphatic heterocycles. The predicted molar refractivity (Wildman–Crippen MR) is 122 cm³/mol. The van der Waals surface area contributed by atoms with Crippen LogP contribution in [0.4, 0.5) is 15.6 Å². The number of hydrogen-bond acceptors (Lipinski definition) is 7. The number of rotatable bonds is 6. The van der Waals surface area contributed by atoms with Crippen LogP contribution in [-0.2, 0) is 9.53 Å².